The van der Waals surface area contributed by atoms with Gasteiger partial charge in [0.2, 0.25) is 0 Å². The van der Waals surface area contributed by atoms with Crippen molar-refractivity contribution in [2.45, 2.75) is 50.6 Å². The summed E-state index contributed by atoms with van der Waals surface area (Å²) in [6, 6.07) is 0.451. The molecule has 0 heterocycles. The second kappa shape index (κ2) is 7.10. The molecule has 2 bridgehead atoms. The summed E-state index contributed by atoms with van der Waals surface area (Å²) in [6.45, 7) is 0. The second-order valence-corrected chi connectivity index (χ2v) is 8.27. The number of hydrogen-bond acceptors (Lipinski definition) is 4. The second-order valence-electron chi connectivity index (χ2n) is 7.28. The Kier molecular flexibility index (Phi) is 5.35. The Balaban J connectivity index is 1.62. The minimum absolute atomic E-state index is 0.0716. The topological polar surface area (TPSA) is 41.6 Å². The number of fused-ring (bicyclic) bond motifs is 5. The normalized spacial score (nSPS) is 37.3. The quantitative estimate of drug-likeness (QED) is 0.730. The predicted molar refractivity (Wildman–Crippen MR) is 90.5 cm³/mol. The molecule has 126 valence electrons. The lowest BCUT2D eigenvalue weighted by Crippen LogP contribution is -2.51. The third-order valence-corrected chi connectivity index (χ3v) is 6.98. The Morgan fingerprint density at radius 3 is 2.82 bits per heavy atom. The highest BCUT2D eigenvalue weighted by molar-refractivity contribution is 7.98. The fourth-order valence-corrected chi connectivity index (χ4v) is 5.81. The molecule has 0 spiro atoms. The largest absolute Gasteiger partial charge is 0.303 e. The van der Waals surface area contributed by atoms with E-state index in [0.717, 1.165) is 35.8 Å². The van der Waals surface area contributed by atoms with Crippen LogP contribution in [-0.4, -0.2) is 49.2 Å². The third-order valence-electron chi connectivity index (χ3n) is 6.34. The molecule has 0 aliphatic heterocycles. The van der Waals surface area contributed by atoms with Gasteiger partial charge in [-0.05, 0) is 67.8 Å². The number of nitrogens with one attached hydrogen (secondary N) is 1. The summed E-state index contributed by atoms with van der Waals surface area (Å²) in [4.78, 5) is 17.6. The summed E-state index contributed by atoms with van der Waals surface area (Å²) in [5.41, 5.74) is 0. The lowest BCUT2D eigenvalue weighted by atomic mass is 9.79. The highest BCUT2D eigenvalue weighted by Gasteiger charge is 2.54. The van der Waals surface area contributed by atoms with Gasteiger partial charge in [-0.25, -0.2) is 5.06 Å². The summed E-state index contributed by atoms with van der Waals surface area (Å²) in [5, 5.41) is 5.10. The molecule has 22 heavy (non-hydrogen) atoms. The van der Waals surface area contributed by atoms with Crippen molar-refractivity contribution in [1.29, 1.82) is 0 Å². The maximum absolute atomic E-state index is 12.5. The number of rotatable bonds is 7. The molecule has 5 heteroatoms. The van der Waals surface area contributed by atoms with Crippen LogP contribution in [0.4, 0.5) is 0 Å². The monoisotopic (exact) mass is 326 g/mol. The molecule has 3 aliphatic carbocycles. The van der Waals surface area contributed by atoms with E-state index in [-0.39, 0.29) is 11.9 Å². The van der Waals surface area contributed by atoms with E-state index >= 15 is 0 Å². The van der Waals surface area contributed by atoms with Crippen molar-refractivity contribution in [2.75, 3.05) is 26.2 Å². The highest BCUT2D eigenvalue weighted by Crippen LogP contribution is 2.58. The van der Waals surface area contributed by atoms with Gasteiger partial charge in [-0.3, -0.25) is 9.63 Å². The number of carbonyl (C=O) groups excluding carboxylic acids is 1. The van der Waals surface area contributed by atoms with Crippen molar-refractivity contribution in [3.05, 3.63) is 0 Å². The maximum atomic E-state index is 12.5. The van der Waals surface area contributed by atoms with Crippen molar-refractivity contribution in [3.8, 4) is 0 Å². The van der Waals surface area contributed by atoms with Gasteiger partial charge < -0.3 is 5.32 Å². The van der Waals surface area contributed by atoms with Crippen LogP contribution in [0.15, 0.2) is 0 Å². The molecule has 0 aromatic rings. The third kappa shape index (κ3) is 3.04. The number of nitrogens with zero attached hydrogens (tertiary/aromatic N) is 1. The van der Waals surface area contributed by atoms with E-state index in [0.29, 0.717) is 6.04 Å². The van der Waals surface area contributed by atoms with Crippen LogP contribution in [-0.2, 0) is 9.63 Å². The smallest absolute Gasteiger partial charge is 0.262 e. The van der Waals surface area contributed by atoms with Crippen LogP contribution in [0.3, 0.4) is 0 Å². The average Bonchev–Trinajstić information content (AvgIpc) is 3.21. The molecule has 3 saturated carbocycles. The van der Waals surface area contributed by atoms with Crippen LogP contribution >= 0.6 is 11.8 Å². The molecule has 1 N–H and O–H groups in total. The summed E-state index contributed by atoms with van der Waals surface area (Å²) >= 11 is 1.80. The van der Waals surface area contributed by atoms with E-state index < -0.39 is 0 Å². The Labute approximate surface area is 138 Å². The first-order chi connectivity index (χ1) is 10.7. The Hall–Kier alpha value is -0.260. The van der Waals surface area contributed by atoms with Crippen molar-refractivity contribution in [2.24, 2.45) is 23.7 Å². The van der Waals surface area contributed by atoms with E-state index in [9.17, 15) is 4.79 Å². The van der Waals surface area contributed by atoms with Gasteiger partial charge in [0, 0.05) is 13.1 Å². The molecule has 0 aromatic carbocycles. The van der Waals surface area contributed by atoms with Gasteiger partial charge in [-0.1, -0.05) is 6.42 Å². The first kappa shape index (κ1) is 16.6. The van der Waals surface area contributed by atoms with Crippen LogP contribution in [0.1, 0.15) is 38.5 Å². The molecular weight excluding hydrogens is 296 g/mol. The lowest BCUT2D eigenvalue weighted by Gasteiger charge is -2.35. The summed E-state index contributed by atoms with van der Waals surface area (Å²) in [7, 11) is 3.27. The van der Waals surface area contributed by atoms with Gasteiger partial charge in [0.25, 0.3) is 5.91 Å². The number of hydroxylamine groups is 2. The molecule has 0 aromatic heterocycles. The Morgan fingerprint density at radius 2 is 2.09 bits per heavy atom. The molecule has 3 rings (SSSR count). The SMILES string of the molecule is CON(C)C(=O)[C@H](CCSC)N[C@@H]1C[C@H]2C[C@H]1[C@@H]1CCC[C@@H]21. The molecule has 1 amide bonds. The minimum atomic E-state index is -0.0957. The van der Waals surface area contributed by atoms with E-state index in [4.69, 9.17) is 4.84 Å². The fourth-order valence-electron chi connectivity index (χ4n) is 5.34. The Bertz CT molecular complexity index is 406. The van der Waals surface area contributed by atoms with Gasteiger partial charge in [0.05, 0.1) is 13.2 Å². The summed E-state index contributed by atoms with van der Waals surface area (Å²) in [6.07, 6.45) is 9.97. The summed E-state index contributed by atoms with van der Waals surface area (Å²) in [5.74, 6) is 4.76. The fraction of sp³-hybridized carbons (Fsp3) is 0.941. The standard InChI is InChI=1S/C17H30N2O2S/c1-19(21-2)17(20)15(7-8-22-3)18-16-10-11-9-14(16)13-6-4-5-12(11)13/h11-16,18H,4-10H2,1-3H3/t11-,12+,13-,14+,15+,16-/m1/s1. The van der Waals surface area contributed by atoms with Gasteiger partial charge in [0.1, 0.15) is 0 Å². The molecule has 4 nitrogen and oxygen atoms in total. The van der Waals surface area contributed by atoms with Crippen LogP contribution in [0.2, 0.25) is 0 Å². The molecule has 0 unspecified atom stereocenters. The van der Waals surface area contributed by atoms with Gasteiger partial charge in [0.15, 0.2) is 0 Å². The minimum Gasteiger partial charge on any atom is -0.303 e. The number of carbonyl (C=O) groups is 1. The van der Waals surface area contributed by atoms with Crippen molar-refractivity contribution in [3.63, 3.8) is 0 Å². The lowest BCUT2D eigenvalue weighted by molar-refractivity contribution is -0.171. The molecule has 0 saturated heterocycles. The van der Waals surface area contributed by atoms with Gasteiger partial charge in [-0.15, -0.1) is 0 Å². The molecular formula is C17H30N2O2S. The number of thioether (sulfide) groups is 1. The van der Waals surface area contributed by atoms with E-state index in [1.807, 2.05) is 0 Å². The average molecular weight is 327 g/mol. The van der Waals surface area contributed by atoms with Crippen molar-refractivity contribution < 1.29 is 9.63 Å². The van der Waals surface area contributed by atoms with E-state index in [2.05, 4.69) is 11.6 Å². The zero-order valence-electron chi connectivity index (χ0n) is 14.1. The van der Waals surface area contributed by atoms with E-state index in [1.165, 1.54) is 37.2 Å². The zero-order chi connectivity index (χ0) is 15.7. The van der Waals surface area contributed by atoms with Gasteiger partial charge >= 0.3 is 0 Å². The Morgan fingerprint density at radius 1 is 1.32 bits per heavy atom. The highest BCUT2D eigenvalue weighted by atomic mass is 32.2. The van der Waals surface area contributed by atoms with Crippen LogP contribution in [0.5, 0.6) is 0 Å². The summed E-state index contributed by atoms with van der Waals surface area (Å²) < 4.78 is 0. The number of likely N-dealkylation sites (N-methyl/N-ethyl adjacent to an activating group) is 1. The van der Waals surface area contributed by atoms with E-state index in [1.54, 1.807) is 25.9 Å². The zero-order valence-corrected chi connectivity index (χ0v) is 14.9. The predicted octanol–water partition coefficient (Wildman–Crippen LogP) is 2.54. The molecule has 0 radical (unpaired) electrons. The number of amides is 1. The first-order valence-electron chi connectivity index (χ1n) is 8.72. The molecule has 6 atom stereocenters. The van der Waals surface area contributed by atoms with Gasteiger partial charge in [-0.2, -0.15) is 11.8 Å². The van der Waals surface area contributed by atoms with Crippen LogP contribution < -0.4 is 5.32 Å². The maximum Gasteiger partial charge on any atom is 0.262 e. The first-order valence-corrected chi connectivity index (χ1v) is 10.1. The van der Waals surface area contributed by atoms with Crippen molar-refractivity contribution in [1.82, 2.24) is 10.4 Å². The molecule has 3 fully saturated rings. The van der Waals surface area contributed by atoms with Crippen molar-refractivity contribution >= 4 is 17.7 Å². The molecule has 3 aliphatic rings. The van der Waals surface area contributed by atoms with Crippen LogP contribution in [0.25, 0.3) is 0 Å². The number of hydrogen-bond donors (Lipinski definition) is 1. The van der Waals surface area contributed by atoms with Crippen LogP contribution in [0, 0.1) is 23.7 Å².